The highest BCUT2D eigenvalue weighted by molar-refractivity contribution is 5.94. The predicted molar refractivity (Wildman–Crippen MR) is 135 cm³/mol. The number of fused-ring (bicyclic) bond motifs is 5. The van der Waals surface area contributed by atoms with Gasteiger partial charge in [-0.25, -0.2) is 23.5 Å². The predicted octanol–water partition coefficient (Wildman–Crippen LogP) is 3.55. The van der Waals surface area contributed by atoms with Crippen molar-refractivity contribution in [1.82, 2.24) is 13.9 Å². The summed E-state index contributed by atoms with van der Waals surface area (Å²) >= 11 is 0. The lowest BCUT2D eigenvalue weighted by atomic mass is 9.83. The monoisotopic (exact) mass is 474 g/mol. The average molecular weight is 475 g/mol. The van der Waals surface area contributed by atoms with E-state index in [1.165, 1.54) is 16.2 Å². The van der Waals surface area contributed by atoms with Crippen LogP contribution in [-0.4, -0.2) is 38.4 Å². The van der Waals surface area contributed by atoms with Gasteiger partial charge in [0.1, 0.15) is 17.4 Å². The van der Waals surface area contributed by atoms with E-state index in [-0.39, 0.29) is 12.3 Å². The van der Waals surface area contributed by atoms with E-state index in [0.717, 1.165) is 29.9 Å². The number of ketones is 1. The maximum Gasteiger partial charge on any atom is 0.352 e. The van der Waals surface area contributed by atoms with Crippen molar-refractivity contribution in [3.8, 4) is 11.4 Å². The molecule has 2 aliphatic heterocycles. The van der Waals surface area contributed by atoms with Crippen molar-refractivity contribution in [1.29, 1.82) is 0 Å². The molecule has 0 aliphatic carbocycles. The molecule has 1 unspecified atom stereocenters. The van der Waals surface area contributed by atoms with Crippen LogP contribution in [-0.2, 0) is 6.54 Å². The fourth-order valence-corrected chi connectivity index (χ4v) is 5.24. The van der Waals surface area contributed by atoms with Crippen LogP contribution >= 0.6 is 0 Å². The summed E-state index contributed by atoms with van der Waals surface area (Å²) in [6, 6.07) is 12.2. The maximum atomic E-state index is 13.8. The van der Waals surface area contributed by atoms with Crippen LogP contribution in [0.3, 0.4) is 0 Å². The van der Waals surface area contributed by atoms with Crippen molar-refractivity contribution in [3.05, 3.63) is 86.2 Å². The highest BCUT2D eigenvalue weighted by atomic mass is 16.5. The fraction of sp³-hybridized carbons (Fsp3) is 0.370. The summed E-state index contributed by atoms with van der Waals surface area (Å²) in [7, 11) is 0. The fourth-order valence-electron chi connectivity index (χ4n) is 5.24. The summed E-state index contributed by atoms with van der Waals surface area (Å²) in [6.45, 7) is 11.7. The Morgan fingerprint density at radius 3 is 2.37 bits per heavy atom. The summed E-state index contributed by atoms with van der Waals surface area (Å²) in [6.07, 6.45) is 2.00. The number of hydrogen-bond donors (Lipinski definition) is 0. The first-order chi connectivity index (χ1) is 16.7. The minimum absolute atomic E-state index is 0.0734. The minimum Gasteiger partial charge on any atom is -0.483 e. The molecule has 0 spiro atoms. The highest BCUT2D eigenvalue weighted by Gasteiger charge is 2.44. The molecule has 0 saturated carbocycles. The molecule has 0 amide bonds. The highest BCUT2D eigenvalue weighted by Crippen LogP contribution is 2.47. The molecule has 1 atom stereocenters. The van der Waals surface area contributed by atoms with E-state index in [2.05, 4.69) is 18.7 Å². The zero-order valence-corrected chi connectivity index (χ0v) is 20.7. The lowest BCUT2D eigenvalue weighted by Gasteiger charge is -2.43. The topological polar surface area (TPSA) is 78.5 Å². The lowest BCUT2D eigenvalue weighted by Crippen LogP contribution is -2.46. The molecule has 0 N–H and O–H groups in total. The van der Waals surface area contributed by atoms with Crippen molar-refractivity contribution in [3.63, 3.8) is 0 Å². The van der Waals surface area contributed by atoms with Gasteiger partial charge in [-0.15, -0.1) is 0 Å². The number of hydrogen-bond acceptors (Lipinski definition) is 5. The number of anilines is 1. The van der Waals surface area contributed by atoms with Crippen LogP contribution in [0.2, 0.25) is 0 Å². The molecule has 35 heavy (non-hydrogen) atoms. The Hall–Kier alpha value is -3.81. The third-order valence-corrected chi connectivity index (χ3v) is 7.10. The van der Waals surface area contributed by atoms with Gasteiger partial charge in [-0.2, -0.15) is 0 Å². The van der Waals surface area contributed by atoms with Crippen LogP contribution in [0.5, 0.6) is 5.75 Å². The molecule has 2 aromatic carbocycles. The minimum atomic E-state index is -0.647. The van der Waals surface area contributed by atoms with Gasteiger partial charge in [0, 0.05) is 36.0 Å². The Balaban J connectivity index is 1.69. The van der Waals surface area contributed by atoms with Gasteiger partial charge in [0.2, 0.25) is 0 Å². The van der Waals surface area contributed by atoms with Crippen molar-refractivity contribution in [2.75, 3.05) is 18.0 Å². The average Bonchev–Trinajstić information content (AvgIpc) is 3.09. The number of carbonyl (C=O) groups excluding carboxylic acids is 1. The Morgan fingerprint density at radius 1 is 1.06 bits per heavy atom. The molecule has 2 aliphatic rings. The molecular weight excluding hydrogens is 444 g/mol. The third kappa shape index (κ3) is 3.47. The smallest absolute Gasteiger partial charge is 0.352 e. The second kappa shape index (κ2) is 8.15. The first-order valence-electron chi connectivity index (χ1n) is 12.0. The molecule has 5 rings (SSSR count). The van der Waals surface area contributed by atoms with Crippen molar-refractivity contribution >= 4 is 11.5 Å². The number of benzene rings is 2. The standard InChI is InChI=1S/C27H30N4O4/c1-6-28(7-2)20-12-13-21-23(16-20)35-27(4,5)22-14-15-29-25(33)30(26(34)31(29)24(21)22)19-10-8-18(9-11-19)17(3)32/h8-14,16,24H,6-7,15H2,1-5H3. The lowest BCUT2D eigenvalue weighted by molar-refractivity contribution is 0.101. The second-order valence-electron chi connectivity index (χ2n) is 9.50. The number of Topliss-reactive ketones (excluding diaryl/α,β-unsaturated/α-hetero) is 1. The van der Waals surface area contributed by atoms with Gasteiger partial charge >= 0.3 is 11.4 Å². The number of allylic oxidation sites excluding steroid dienone is 1. The number of aromatic nitrogens is 3. The molecule has 0 fully saturated rings. The molecular formula is C27H30N4O4. The van der Waals surface area contributed by atoms with Gasteiger partial charge in [0.15, 0.2) is 5.78 Å². The summed E-state index contributed by atoms with van der Waals surface area (Å²) < 4.78 is 10.7. The number of carbonyl (C=O) groups is 1. The van der Waals surface area contributed by atoms with Gasteiger partial charge in [0.25, 0.3) is 0 Å². The number of rotatable bonds is 5. The van der Waals surface area contributed by atoms with Crippen molar-refractivity contribution < 1.29 is 9.53 Å². The molecule has 0 radical (unpaired) electrons. The molecule has 8 nitrogen and oxygen atoms in total. The molecule has 3 aromatic rings. The molecule has 0 bridgehead atoms. The zero-order chi connectivity index (χ0) is 25.1. The Labute approximate surface area is 203 Å². The SMILES string of the molecule is CCN(CC)c1ccc2c(c1)OC(C)(C)C1=CCn3c(=O)n(-c4ccc(C(C)=O)cc4)c(=O)n3C12. The zero-order valence-electron chi connectivity index (χ0n) is 20.7. The number of nitrogens with zero attached hydrogens (tertiary/aromatic N) is 4. The van der Waals surface area contributed by atoms with Gasteiger partial charge in [0.05, 0.1) is 12.2 Å². The second-order valence-corrected chi connectivity index (χ2v) is 9.50. The van der Waals surface area contributed by atoms with Crippen LogP contribution in [0, 0.1) is 0 Å². The normalized spacial score (nSPS) is 17.5. The Morgan fingerprint density at radius 2 is 1.74 bits per heavy atom. The van der Waals surface area contributed by atoms with E-state index >= 15 is 0 Å². The van der Waals surface area contributed by atoms with E-state index in [1.807, 2.05) is 38.1 Å². The first-order valence-corrected chi connectivity index (χ1v) is 12.0. The summed E-state index contributed by atoms with van der Waals surface area (Å²) in [4.78, 5) is 41.1. The van der Waals surface area contributed by atoms with E-state index < -0.39 is 23.0 Å². The van der Waals surface area contributed by atoms with Gasteiger partial charge in [-0.05, 0) is 70.5 Å². The van der Waals surface area contributed by atoms with Crippen LogP contribution in [0.25, 0.3) is 5.69 Å². The summed E-state index contributed by atoms with van der Waals surface area (Å²) in [5.41, 5.74) is 2.34. The first kappa shape index (κ1) is 23.0. The molecule has 3 heterocycles. The van der Waals surface area contributed by atoms with E-state index in [4.69, 9.17) is 4.74 Å². The van der Waals surface area contributed by atoms with Crippen LogP contribution in [0.15, 0.2) is 63.7 Å². The van der Waals surface area contributed by atoms with Crippen LogP contribution < -0.4 is 21.0 Å². The van der Waals surface area contributed by atoms with Crippen molar-refractivity contribution in [2.45, 2.75) is 52.8 Å². The summed E-state index contributed by atoms with van der Waals surface area (Å²) in [5, 5.41) is 0. The summed E-state index contributed by atoms with van der Waals surface area (Å²) in [5.74, 6) is 0.642. The van der Waals surface area contributed by atoms with Crippen molar-refractivity contribution in [2.24, 2.45) is 0 Å². The molecule has 8 heteroatoms. The van der Waals surface area contributed by atoms with Crippen LogP contribution in [0.4, 0.5) is 5.69 Å². The Kier molecular flexibility index (Phi) is 5.34. The van der Waals surface area contributed by atoms with Crippen LogP contribution in [0.1, 0.15) is 56.6 Å². The van der Waals surface area contributed by atoms with E-state index in [9.17, 15) is 14.4 Å². The maximum absolute atomic E-state index is 13.8. The molecule has 1 aromatic heterocycles. The van der Waals surface area contributed by atoms with Gasteiger partial charge in [-0.3, -0.25) is 4.79 Å². The molecule has 0 saturated heterocycles. The quantitative estimate of drug-likeness (QED) is 0.418. The number of ether oxygens (including phenoxy) is 1. The molecule has 182 valence electrons. The van der Waals surface area contributed by atoms with E-state index in [1.54, 1.807) is 28.9 Å². The van der Waals surface area contributed by atoms with E-state index in [0.29, 0.717) is 17.0 Å². The Bertz CT molecular complexity index is 1470. The van der Waals surface area contributed by atoms with Gasteiger partial charge in [-0.1, -0.05) is 12.1 Å². The van der Waals surface area contributed by atoms with Gasteiger partial charge < -0.3 is 9.64 Å². The third-order valence-electron chi connectivity index (χ3n) is 7.10. The largest absolute Gasteiger partial charge is 0.483 e.